The zero-order valence-electron chi connectivity index (χ0n) is 13.3. The molecule has 2 N–H and O–H groups in total. The van der Waals surface area contributed by atoms with Crippen LogP contribution in [0.4, 0.5) is 11.4 Å². The van der Waals surface area contributed by atoms with Crippen LogP contribution in [0.1, 0.15) is 10.4 Å². The molecule has 0 saturated heterocycles. The molecule has 0 unspecified atom stereocenters. The van der Waals surface area contributed by atoms with Crippen molar-refractivity contribution in [2.24, 2.45) is 0 Å². The second-order valence-corrected chi connectivity index (χ2v) is 4.84. The molecule has 0 aliphatic rings. The van der Waals surface area contributed by atoms with Gasteiger partial charge in [-0.15, -0.1) is 0 Å². The van der Waals surface area contributed by atoms with Crippen molar-refractivity contribution in [1.29, 1.82) is 0 Å². The highest BCUT2D eigenvalue weighted by Crippen LogP contribution is 2.25. The molecule has 0 bridgehead atoms. The van der Waals surface area contributed by atoms with Gasteiger partial charge in [-0.2, -0.15) is 0 Å². The van der Waals surface area contributed by atoms with E-state index < -0.39 is 17.8 Å². The van der Waals surface area contributed by atoms with Gasteiger partial charge in [-0.05, 0) is 30.3 Å². The van der Waals surface area contributed by atoms with Crippen LogP contribution in [-0.2, 0) is 9.59 Å². The van der Waals surface area contributed by atoms with Gasteiger partial charge in [0.25, 0.3) is 5.91 Å². The van der Waals surface area contributed by atoms with Crippen LogP contribution in [0.2, 0.25) is 0 Å². The van der Waals surface area contributed by atoms with Crippen LogP contribution >= 0.6 is 0 Å². The first kappa shape index (κ1) is 17.7. The van der Waals surface area contributed by atoms with Gasteiger partial charge in [0, 0.05) is 6.08 Å². The molecule has 2 amide bonds. The minimum atomic E-state index is -1.49. The van der Waals surface area contributed by atoms with Crippen molar-refractivity contribution in [3.05, 3.63) is 66.2 Å². The molecule has 2 aromatic carbocycles. The van der Waals surface area contributed by atoms with E-state index in [-0.39, 0.29) is 11.3 Å². The third-order valence-electron chi connectivity index (χ3n) is 3.16. The van der Waals surface area contributed by atoms with Crippen molar-refractivity contribution in [2.45, 2.75) is 0 Å². The molecule has 0 aliphatic carbocycles. The summed E-state index contributed by atoms with van der Waals surface area (Å²) >= 11 is 0. The molecule has 2 aromatic rings. The topological polar surface area (TPSA) is 108 Å². The fraction of sp³-hybridized carbons (Fsp3) is 0.0556. The smallest absolute Gasteiger partial charge is 0.257 e. The van der Waals surface area contributed by atoms with Crippen molar-refractivity contribution in [1.82, 2.24) is 0 Å². The summed E-state index contributed by atoms with van der Waals surface area (Å²) in [7, 11) is 1.49. The lowest BCUT2D eigenvalue weighted by atomic mass is 10.1. The van der Waals surface area contributed by atoms with Crippen LogP contribution in [-0.4, -0.2) is 24.9 Å². The van der Waals surface area contributed by atoms with Gasteiger partial charge >= 0.3 is 0 Å². The first-order chi connectivity index (χ1) is 12.0. The van der Waals surface area contributed by atoms with Crippen molar-refractivity contribution in [3.63, 3.8) is 0 Å². The average molecular weight is 339 g/mol. The van der Waals surface area contributed by atoms with Crippen molar-refractivity contribution in [2.75, 3.05) is 17.7 Å². The van der Waals surface area contributed by atoms with Crippen LogP contribution < -0.4 is 20.5 Å². The number of methoxy groups -OCH3 is 1. The normalized spacial score (nSPS) is 10.3. The monoisotopic (exact) mass is 339 g/mol. The molecule has 7 heteroatoms. The lowest BCUT2D eigenvalue weighted by molar-refractivity contribution is -0.297. The number of carbonyl (C=O) groups is 3. The lowest BCUT2D eigenvalue weighted by Crippen LogP contribution is -2.20. The fourth-order valence-corrected chi connectivity index (χ4v) is 2.05. The van der Waals surface area contributed by atoms with Gasteiger partial charge in [0.2, 0.25) is 5.91 Å². The highest BCUT2D eigenvalue weighted by molar-refractivity contribution is 6.12. The summed E-state index contributed by atoms with van der Waals surface area (Å²) in [5.74, 6) is -2.14. The van der Waals surface area contributed by atoms with E-state index in [2.05, 4.69) is 10.6 Å². The number of rotatable bonds is 6. The predicted molar refractivity (Wildman–Crippen MR) is 90.2 cm³/mol. The van der Waals surface area contributed by atoms with Gasteiger partial charge in [-0.1, -0.05) is 24.3 Å². The lowest BCUT2D eigenvalue weighted by Gasteiger charge is -2.12. The maximum Gasteiger partial charge on any atom is 0.257 e. The molecular formula is C18H15N2O5-. The number of benzene rings is 2. The van der Waals surface area contributed by atoms with Gasteiger partial charge in [0.05, 0.1) is 30.0 Å². The molecule has 0 spiro atoms. The van der Waals surface area contributed by atoms with E-state index in [4.69, 9.17) is 4.74 Å². The summed E-state index contributed by atoms with van der Waals surface area (Å²) in [4.78, 5) is 34.6. The molecule has 0 aromatic heterocycles. The number of carbonyl (C=O) groups excluding carboxylic acids is 3. The third-order valence-corrected chi connectivity index (χ3v) is 3.16. The Bertz CT molecular complexity index is 830. The number of nitrogens with one attached hydrogen (secondary N) is 2. The Morgan fingerprint density at radius 3 is 2.24 bits per heavy atom. The molecule has 0 fully saturated rings. The molecule has 0 atom stereocenters. The Hall–Kier alpha value is -3.61. The van der Waals surface area contributed by atoms with Crippen LogP contribution in [0.5, 0.6) is 5.75 Å². The molecular weight excluding hydrogens is 324 g/mol. The standard InChI is InChI=1S/C18H16N2O5/c1-25-15-9-5-4-8-14(15)20-18(24)12-6-2-3-7-13(12)19-16(21)10-11-17(22)23/h2-11H,1H3,(H,19,21)(H,20,24)(H,22,23)/p-1/b11-10-. The SMILES string of the molecule is COc1ccccc1NC(=O)c1ccccc1NC(=O)/C=C\C(=O)[O-]. The molecule has 0 saturated carbocycles. The molecule has 25 heavy (non-hydrogen) atoms. The first-order valence-electron chi connectivity index (χ1n) is 7.24. The quantitative estimate of drug-likeness (QED) is 0.769. The summed E-state index contributed by atoms with van der Waals surface area (Å²) in [5, 5.41) is 15.5. The van der Waals surface area contributed by atoms with Gasteiger partial charge < -0.3 is 25.3 Å². The van der Waals surface area contributed by atoms with E-state index in [1.807, 2.05) is 0 Å². The summed E-state index contributed by atoms with van der Waals surface area (Å²) < 4.78 is 5.18. The number of anilines is 2. The molecule has 2 rings (SSSR count). The average Bonchev–Trinajstić information content (AvgIpc) is 2.61. The fourth-order valence-electron chi connectivity index (χ4n) is 2.05. The first-order valence-corrected chi connectivity index (χ1v) is 7.24. The van der Waals surface area contributed by atoms with E-state index in [1.54, 1.807) is 36.4 Å². The van der Waals surface area contributed by atoms with E-state index in [0.717, 1.165) is 6.08 Å². The number of hydrogen-bond donors (Lipinski definition) is 2. The summed E-state index contributed by atoms with van der Waals surface area (Å²) in [6.07, 6.45) is 1.41. The number of carboxylic acids is 1. The Morgan fingerprint density at radius 2 is 1.56 bits per heavy atom. The maximum absolute atomic E-state index is 12.5. The molecule has 0 radical (unpaired) electrons. The van der Waals surface area contributed by atoms with Crippen LogP contribution in [0.3, 0.4) is 0 Å². The van der Waals surface area contributed by atoms with Crippen molar-refractivity contribution < 1.29 is 24.2 Å². The molecule has 128 valence electrons. The Kier molecular flexibility index (Phi) is 5.89. The number of para-hydroxylation sites is 3. The molecule has 0 aliphatic heterocycles. The number of carboxylic acid groups (broad SMARTS) is 1. The summed E-state index contributed by atoms with van der Waals surface area (Å²) in [5.41, 5.74) is 0.930. The zero-order chi connectivity index (χ0) is 18.2. The second kappa shape index (κ2) is 8.30. The van der Waals surface area contributed by atoms with Gasteiger partial charge in [-0.25, -0.2) is 0 Å². The van der Waals surface area contributed by atoms with Crippen LogP contribution in [0.15, 0.2) is 60.7 Å². The van der Waals surface area contributed by atoms with E-state index >= 15 is 0 Å². The Morgan fingerprint density at radius 1 is 0.920 bits per heavy atom. The van der Waals surface area contributed by atoms with Gasteiger partial charge in [0.1, 0.15) is 5.75 Å². The number of amides is 2. The number of aliphatic carboxylic acids is 1. The minimum absolute atomic E-state index is 0.212. The summed E-state index contributed by atoms with van der Waals surface area (Å²) in [6, 6.07) is 13.2. The Balaban J connectivity index is 2.20. The van der Waals surface area contributed by atoms with Gasteiger partial charge in [0.15, 0.2) is 0 Å². The van der Waals surface area contributed by atoms with E-state index in [0.29, 0.717) is 17.5 Å². The predicted octanol–water partition coefficient (Wildman–Crippen LogP) is 1.19. The van der Waals surface area contributed by atoms with Crippen molar-refractivity contribution in [3.8, 4) is 5.75 Å². The second-order valence-electron chi connectivity index (χ2n) is 4.84. The van der Waals surface area contributed by atoms with Crippen LogP contribution in [0, 0.1) is 0 Å². The number of hydrogen-bond acceptors (Lipinski definition) is 5. The minimum Gasteiger partial charge on any atom is -0.545 e. The van der Waals surface area contributed by atoms with Crippen LogP contribution in [0.25, 0.3) is 0 Å². The van der Waals surface area contributed by atoms with Crippen molar-refractivity contribution >= 4 is 29.2 Å². The number of ether oxygens (including phenoxy) is 1. The highest BCUT2D eigenvalue weighted by Gasteiger charge is 2.14. The van der Waals surface area contributed by atoms with E-state index in [1.165, 1.54) is 19.2 Å². The van der Waals surface area contributed by atoms with Gasteiger partial charge in [-0.3, -0.25) is 9.59 Å². The molecule has 7 nitrogen and oxygen atoms in total. The largest absolute Gasteiger partial charge is 0.545 e. The Labute approximate surface area is 143 Å². The third kappa shape index (κ3) is 4.93. The summed E-state index contributed by atoms with van der Waals surface area (Å²) in [6.45, 7) is 0. The zero-order valence-corrected chi connectivity index (χ0v) is 13.3. The maximum atomic E-state index is 12.5. The molecule has 0 heterocycles. The van der Waals surface area contributed by atoms with E-state index in [9.17, 15) is 19.5 Å². The highest BCUT2D eigenvalue weighted by atomic mass is 16.5.